The quantitative estimate of drug-likeness (QED) is 0.366. The lowest BCUT2D eigenvalue weighted by molar-refractivity contribution is 0.0955. The highest BCUT2D eigenvalue weighted by atomic mass is 16.5. The Hall–Kier alpha value is -3.45. The maximum Gasteiger partial charge on any atom is 0.407 e. The van der Waals surface area contributed by atoms with Crippen molar-refractivity contribution in [3.8, 4) is 0 Å². The van der Waals surface area contributed by atoms with Crippen molar-refractivity contribution in [1.82, 2.24) is 15.7 Å². The average molecular weight is 364 g/mol. The van der Waals surface area contributed by atoms with E-state index in [1.807, 2.05) is 31.2 Å². The Balaban J connectivity index is 1.60. The first-order valence-electron chi connectivity index (χ1n) is 8.42. The van der Waals surface area contributed by atoms with Gasteiger partial charge in [-0.25, -0.2) is 10.6 Å². The molecule has 0 saturated heterocycles. The van der Waals surface area contributed by atoms with Crippen LogP contribution in [0.2, 0.25) is 0 Å². The Morgan fingerprint density at radius 2 is 1.85 bits per heavy atom. The van der Waals surface area contributed by atoms with Crippen LogP contribution in [0, 0.1) is 6.92 Å². The van der Waals surface area contributed by atoms with Crippen molar-refractivity contribution in [2.24, 2.45) is 5.84 Å². The van der Waals surface area contributed by atoms with E-state index < -0.39 is 6.09 Å². The molecule has 0 aliphatic heterocycles. The minimum absolute atomic E-state index is 0.203. The Kier molecular flexibility index (Phi) is 5.63. The van der Waals surface area contributed by atoms with E-state index in [9.17, 15) is 9.59 Å². The van der Waals surface area contributed by atoms with Crippen LogP contribution in [0.4, 0.5) is 4.79 Å². The van der Waals surface area contributed by atoms with Crippen LogP contribution in [-0.4, -0.2) is 17.0 Å². The van der Waals surface area contributed by atoms with Gasteiger partial charge in [0.1, 0.15) is 6.61 Å². The smallest absolute Gasteiger partial charge is 0.407 e. The van der Waals surface area contributed by atoms with Gasteiger partial charge in [-0.15, -0.1) is 0 Å². The van der Waals surface area contributed by atoms with Gasteiger partial charge in [0, 0.05) is 5.39 Å². The summed E-state index contributed by atoms with van der Waals surface area (Å²) in [5.41, 5.74) is 5.93. The van der Waals surface area contributed by atoms with Crippen LogP contribution < -0.4 is 16.6 Å². The molecule has 7 heteroatoms. The van der Waals surface area contributed by atoms with Crippen LogP contribution in [0.15, 0.2) is 54.6 Å². The van der Waals surface area contributed by atoms with Gasteiger partial charge in [-0.1, -0.05) is 42.0 Å². The predicted molar refractivity (Wildman–Crippen MR) is 102 cm³/mol. The van der Waals surface area contributed by atoms with E-state index in [0.29, 0.717) is 22.2 Å². The summed E-state index contributed by atoms with van der Waals surface area (Å²) in [4.78, 5) is 28.1. The zero-order valence-corrected chi connectivity index (χ0v) is 14.9. The summed E-state index contributed by atoms with van der Waals surface area (Å²) in [6, 6.07) is 16.5. The van der Waals surface area contributed by atoms with Crippen molar-refractivity contribution < 1.29 is 14.3 Å². The minimum atomic E-state index is -0.520. The fourth-order valence-corrected chi connectivity index (χ4v) is 2.62. The first-order chi connectivity index (χ1) is 13.1. The van der Waals surface area contributed by atoms with Gasteiger partial charge in [0.15, 0.2) is 0 Å². The molecule has 0 aliphatic rings. The fraction of sp³-hybridized carbons (Fsp3) is 0.150. The maximum atomic E-state index is 11.9. The highest BCUT2D eigenvalue weighted by molar-refractivity contribution is 6.05. The van der Waals surface area contributed by atoms with Gasteiger partial charge in [0.25, 0.3) is 5.91 Å². The molecule has 3 aromatic rings. The molecule has 0 fully saturated rings. The second-order valence-corrected chi connectivity index (χ2v) is 6.06. The van der Waals surface area contributed by atoms with Crippen molar-refractivity contribution in [3.05, 3.63) is 77.0 Å². The number of hydrogen-bond donors (Lipinski definition) is 3. The van der Waals surface area contributed by atoms with Crippen molar-refractivity contribution in [2.75, 3.05) is 0 Å². The Bertz CT molecular complexity index is 971. The summed E-state index contributed by atoms with van der Waals surface area (Å²) in [6.45, 7) is 2.42. The number of aryl methyl sites for hydroxylation is 1. The normalized spacial score (nSPS) is 10.4. The number of hydrazine groups is 1. The summed E-state index contributed by atoms with van der Waals surface area (Å²) in [5.74, 6) is 4.82. The lowest BCUT2D eigenvalue weighted by Gasteiger charge is -2.09. The third-order valence-corrected chi connectivity index (χ3v) is 4.07. The number of carbonyl (C=O) groups excluding carboxylic acids is 2. The summed E-state index contributed by atoms with van der Waals surface area (Å²) in [5, 5.41) is 3.36. The number of rotatable bonds is 5. The topological polar surface area (TPSA) is 106 Å². The molecule has 138 valence electrons. The predicted octanol–water partition coefficient (Wildman–Crippen LogP) is 2.57. The molecule has 7 nitrogen and oxygen atoms in total. The highest BCUT2D eigenvalue weighted by Gasteiger charge is 2.10. The number of hydrogen-bond acceptors (Lipinski definition) is 5. The zero-order valence-electron chi connectivity index (χ0n) is 14.9. The van der Waals surface area contributed by atoms with Crippen molar-refractivity contribution in [1.29, 1.82) is 0 Å². The molecule has 2 amide bonds. The first-order valence-corrected chi connectivity index (χ1v) is 8.42. The fourth-order valence-electron chi connectivity index (χ4n) is 2.62. The van der Waals surface area contributed by atoms with Crippen molar-refractivity contribution >= 4 is 22.9 Å². The number of ether oxygens (including phenoxy) is 1. The van der Waals surface area contributed by atoms with E-state index in [1.54, 1.807) is 30.3 Å². The molecule has 0 bridgehead atoms. The summed E-state index contributed by atoms with van der Waals surface area (Å²) < 4.78 is 5.20. The Labute approximate surface area is 156 Å². The molecule has 0 aliphatic carbocycles. The lowest BCUT2D eigenvalue weighted by Crippen LogP contribution is -2.30. The Morgan fingerprint density at radius 1 is 1.07 bits per heavy atom. The number of nitrogen functional groups attached to an aromatic ring is 1. The molecular weight excluding hydrogens is 344 g/mol. The molecule has 0 spiro atoms. The number of nitrogens with zero attached hydrogens (tertiary/aromatic N) is 1. The SMILES string of the molecule is Cc1ccc(COC(=O)NCc2ccc3c(C(=O)NN)cccc3n2)cc1. The second kappa shape index (κ2) is 8.29. The van der Waals surface area contributed by atoms with E-state index in [1.165, 1.54) is 0 Å². The van der Waals surface area contributed by atoms with E-state index in [-0.39, 0.29) is 19.1 Å². The number of amides is 2. The number of aromatic nitrogens is 1. The van der Waals surface area contributed by atoms with Crippen molar-refractivity contribution in [3.63, 3.8) is 0 Å². The molecule has 0 saturated carbocycles. The van der Waals surface area contributed by atoms with Crippen LogP contribution in [0.5, 0.6) is 0 Å². The van der Waals surface area contributed by atoms with Crippen LogP contribution in [0.3, 0.4) is 0 Å². The first kappa shape index (κ1) is 18.3. The number of pyridine rings is 1. The monoisotopic (exact) mass is 364 g/mol. The molecule has 0 atom stereocenters. The molecule has 3 rings (SSSR count). The summed E-state index contributed by atoms with van der Waals surface area (Å²) in [7, 11) is 0. The number of carbonyl (C=O) groups is 2. The minimum Gasteiger partial charge on any atom is -0.445 e. The van der Waals surface area contributed by atoms with Gasteiger partial charge >= 0.3 is 6.09 Å². The van der Waals surface area contributed by atoms with Crippen LogP contribution >= 0.6 is 0 Å². The maximum absolute atomic E-state index is 11.9. The number of fused-ring (bicyclic) bond motifs is 1. The van der Waals surface area contributed by atoms with Gasteiger partial charge < -0.3 is 10.1 Å². The lowest BCUT2D eigenvalue weighted by atomic mass is 10.1. The molecule has 1 aromatic heterocycles. The van der Waals surface area contributed by atoms with E-state index in [4.69, 9.17) is 10.6 Å². The number of alkyl carbamates (subject to hydrolysis) is 1. The molecule has 4 N–H and O–H groups in total. The van der Waals surface area contributed by atoms with Crippen LogP contribution in [0.1, 0.15) is 27.2 Å². The molecule has 0 radical (unpaired) electrons. The van der Waals surface area contributed by atoms with Crippen LogP contribution in [0.25, 0.3) is 10.9 Å². The largest absolute Gasteiger partial charge is 0.445 e. The van der Waals surface area contributed by atoms with E-state index in [2.05, 4.69) is 15.7 Å². The third kappa shape index (κ3) is 4.59. The Morgan fingerprint density at radius 3 is 2.59 bits per heavy atom. The van der Waals surface area contributed by atoms with E-state index >= 15 is 0 Å². The molecule has 2 aromatic carbocycles. The van der Waals surface area contributed by atoms with Gasteiger partial charge in [-0.05, 0) is 30.7 Å². The van der Waals surface area contributed by atoms with Gasteiger partial charge in [-0.3, -0.25) is 15.2 Å². The number of nitrogens with one attached hydrogen (secondary N) is 2. The molecule has 1 heterocycles. The second-order valence-electron chi connectivity index (χ2n) is 6.06. The van der Waals surface area contributed by atoms with Gasteiger partial charge in [0.2, 0.25) is 0 Å². The van der Waals surface area contributed by atoms with Crippen molar-refractivity contribution in [2.45, 2.75) is 20.1 Å². The highest BCUT2D eigenvalue weighted by Crippen LogP contribution is 2.17. The molecular formula is C20H20N4O3. The van der Waals surface area contributed by atoms with E-state index in [0.717, 1.165) is 11.1 Å². The van der Waals surface area contributed by atoms with Gasteiger partial charge in [0.05, 0.1) is 23.3 Å². The third-order valence-electron chi connectivity index (χ3n) is 4.07. The molecule has 0 unspecified atom stereocenters. The van der Waals surface area contributed by atoms with Gasteiger partial charge in [-0.2, -0.15) is 0 Å². The number of benzene rings is 2. The summed E-state index contributed by atoms with van der Waals surface area (Å²) >= 11 is 0. The number of nitrogens with two attached hydrogens (primary N) is 1. The summed E-state index contributed by atoms with van der Waals surface area (Å²) in [6.07, 6.45) is -0.520. The average Bonchev–Trinajstić information content (AvgIpc) is 2.70. The molecule has 27 heavy (non-hydrogen) atoms. The van der Waals surface area contributed by atoms with Crippen LogP contribution in [-0.2, 0) is 17.9 Å². The zero-order chi connectivity index (χ0) is 19.2. The standard InChI is InChI=1S/C20H20N4O3/c1-13-5-7-14(8-6-13)12-27-20(26)22-11-15-9-10-16-17(19(25)24-21)3-2-4-18(16)23-15/h2-10H,11-12,21H2,1H3,(H,22,26)(H,24,25).